The molecule has 0 saturated carbocycles. The predicted molar refractivity (Wildman–Crippen MR) is 90.0 cm³/mol. The fourth-order valence-corrected chi connectivity index (χ4v) is 3.41. The van der Waals surface area contributed by atoms with Gasteiger partial charge >= 0.3 is 7.82 Å². The van der Waals surface area contributed by atoms with Gasteiger partial charge in [-0.3, -0.25) is 9.05 Å². The van der Waals surface area contributed by atoms with E-state index in [0.717, 1.165) is 7.11 Å². The van der Waals surface area contributed by atoms with Crippen LogP contribution in [0.2, 0.25) is 0 Å². The molecule has 1 saturated heterocycles. The van der Waals surface area contributed by atoms with Gasteiger partial charge in [0.2, 0.25) is 0 Å². The van der Waals surface area contributed by atoms with Crippen LogP contribution in [-0.4, -0.2) is 61.2 Å². The molecule has 5 N–H and O–H groups in total. The van der Waals surface area contributed by atoms with Crippen LogP contribution < -0.4 is 5.73 Å². The van der Waals surface area contributed by atoms with Crippen molar-refractivity contribution in [2.75, 3.05) is 19.5 Å². The highest BCUT2D eigenvalue weighted by Gasteiger charge is 2.54. The van der Waals surface area contributed by atoms with Crippen molar-refractivity contribution in [2.24, 2.45) is 0 Å². The molecule has 0 spiro atoms. The Morgan fingerprint density at radius 1 is 1.56 bits per heavy atom. The molecule has 13 heteroatoms. The maximum absolute atomic E-state index is 11.5. The summed E-state index contributed by atoms with van der Waals surface area (Å²) in [7, 11) is -3.30. The summed E-state index contributed by atoms with van der Waals surface area (Å²) in [5, 5.41) is 30.8. The van der Waals surface area contributed by atoms with E-state index < -0.39 is 38.5 Å². The van der Waals surface area contributed by atoms with Crippen molar-refractivity contribution in [3.8, 4) is 6.07 Å². The number of phosphoric ester groups is 1. The number of nitrogen functional groups attached to an aromatic ring is 1. The molecule has 0 aliphatic carbocycles. The van der Waals surface area contributed by atoms with Gasteiger partial charge in [0.25, 0.3) is 0 Å². The number of aliphatic hydroxyl groups is 2. The van der Waals surface area contributed by atoms with Crippen molar-refractivity contribution >= 4 is 24.7 Å². The third-order valence-electron chi connectivity index (χ3n) is 4.40. The first-order valence-electron chi connectivity index (χ1n) is 7.72. The Morgan fingerprint density at radius 2 is 2.26 bits per heavy atom. The zero-order valence-corrected chi connectivity index (χ0v) is 15.3. The van der Waals surface area contributed by atoms with Gasteiger partial charge in [-0.05, 0) is 6.92 Å². The Hall–Kier alpha value is -2.10. The number of rotatable bonds is 5. The van der Waals surface area contributed by atoms with Crippen molar-refractivity contribution in [1.82, 2.24) is 14.5 Å². The second-order valence-electron chi connectivity index (χ2n) is 6.16. The molecule has 0 bridgehead atoms. The van der Waals surface area contributed by atoms with E-state index in [0.29, 0.717) is 0 Å². The van der Waals surface area contributed by atoms with Crippen LogP contribution in [0.4, 0.5) is 5.82 Å². The zero-order valence-electron chi connectivity index (χ0n) is 14.4. The molecule has 3 heterocycles. The lowest BCUT2D eigenvalue weighted by Crippen LogP contribution is -2.44. The Kier molecular flexibility index (Phi) is 4.96. The minimum Gasteiger partial charge on any atom is -0.387 e. The van der Waals surface area contributed by atoms with E-state index in [2.05, 4.69) is 14.5 Å². The maximum atomic E-state index is 11.5. The van der Waals surface area contributed by atoms with Crippen LogP contribution in [0.15, 0.2) is 12.5 Å². The fourth-order valence-electron chi connectivity index (χ4n) is 2.97. The Balaban J connectivity index is 1.98. The number of phosphoric acid groups is 1. The lowest BCUT2D eigenvalue weighted by atomic mass is 9.96. The van der Waals surface area contributed by atoms with Gasteiger partial charge in [-0.15, -0.1) is 0 Å². The lowest BCUT2D eigenvalue weighted by Gasteiger charge is -2.27. The van der Waals surface area contributed by atoms with Crippen LogP contribution in [0.25, 0.3) is 11.0 Å². The van der Waals surface area contributed by atoms with Gasteiger partial charge in [0.15, 0.2) is 6.23 Å². The summed E-state index contributed by atoms with van der Waals surface area (Å²) in [4.78, 5) is 17.3. The van der Waals surface area contributed by atoms with E-state index in [9.17, 15) is 24.9 Å². The van der Waals surface area contributed by atoms with Gasteiger partial charge in [0.1, 0.15) is 41.7 Å². The molecule has 146 valence electrons. The average Bonchev–Trinajstić information content (AvgIpc) is 3.10. The third kappa shape index (κ3) is 3.30. The highest BCUT2D eigenvalue weighted by Crippen LogP contribution is 2.45. The molecule has 27 heavy (non-hydrogen) atoms. The highest BCUT2D eigenvalue weighted by atomic mass is 31.2. The van der Waals surface area contributed by atoms with Gasteiger partial charge in [-0.2, -0.15) is 5.26 Å². The second-order valence-corrected chi connectivity index (χ2v) is 7.72. The first kappa shape index (κ1) is 19.7. The summed E-state index contributed by atoms with van der Waals surface area (Å²) in [5.74, 6) is 0.0784. The van der Waals surface area contributed by atoms with Crippen molar-refractivity contribution in [3.05, 3.63) is 18.1 Å². The number of hydrogen-bond acceptors (Lipinski definition) is 10. The third-order valence-corrected chi connectivity index (χ3v) is 5.34. The van der Waals surface area contributed by atoms with E-state index in [1.54, 1.807) is 0 Å². The van der Waals surface area contributed by atoms with Gasteiger partial charge in [0.05, 0.1) is 17.6 Å². The maximum Gasteiger partial charge on any atom is 0.472 e. The Bertz CT molecular complexity index is 955. The molecule has 1 aliphatic heterocycles. The molecule has 0 amide bonds. The summed E-state index contributed by atoms with van der Waals surface area (Å²) in [5.41, 5.74) is 4.37. The number of anilines is 1. The molecular formula is C14H18N5O7P. The van der Waals surface area contributed by atoms with E-state index in [1.165, 1.54) is 24.0 Å². The molecule has 2 aromatic heterocycles. The van der Waals surface area contributed by atoms with Gasteiger partial charge in [-0.1, -0.05) is 0 Å². The molecule has 1 fully saturated rings. The SMILES string of the molecule is COP(=O)(O)OCC1OC(n2cc(C#N)c3c(N)ncnc32)C(C)(O)C1O. The number of nitrogens with two attached hydrogens (primary N) is 1. The topological polar surface area (TPSA) is 186 Å². The largest absolute Gasteiger partial charge is 0.472 e. The van der Waals surface area contributed by atoms with E-state index in [-0.39, 0.29) is 22.4 Å². The number of ether oxygens (including phenoxy) is 1. The average molecular weight is 399 g/mol. The van der Waals surface area contributed by atoms with Gasteiger partial charge < -0.3 is 30.1 Å². The summed E-state index contributed by atoms with van der Waals surface area (Å²) >= 11 is 0. The van der Waals surface area contributed by atoms with Crippen molar-refractivity contribution in [1.29, 1.82) is 5.26 Å². The number of aromatic nitrogens is 3. The number of nitrogens with zero attached hydrogens (tertiary/aromatic N) is 4. The smallest absolute Gasteiger partial charge is 0.387 e. The minimum absolute atomic E-state index is 0.0784. The van der Waals surface area contributed by atoms with Crippen LogP contribution in [0.3, 0.4) is 0 Å². The van der Waals surface area contributed by atoms with Crippen molar-refractivity contribution in [3.63, 3.8) is 0 Å². The summed E-state index contributed by atoms with van der Waals surface area (Å²) in [6.45, 7) is 0.802. The molecule has 2 aromatic rings. The summed E-state index contributed by atoms with van der Waals surface area (Å²) in [6.07, 6.45) is -1.24. The van der Waals surface area contributed by atoms with Crippen LogP contribution in [0.5, 0.6) is 0 Å². The van der Waals surface area contributed by atoms with Crippen molar-refractivity contribution < 1.29 is 33.5 Å². The van der Waals surface area contributed by atoms with Crippen LogP contribution in [0, 0.1) is 11.3 Å². The van der Waals surface area contributed by atoms with E-state index in [4.69, 9.17) is 15.0 Å². The number of fused-ring (bicyclic) bond motifs is 1. The summed E-state index contributed by atoms with van der Waals surface area (Å²) < 4.78 is 27.5. The molecule has 0 radical (unpaired) electrons. The summed E-state index contributed by atoms with van der Waals surface area (Å²) in [6, 6.07) is 1.97. The highest BCUT2D eigenvalue weighted by molar-refractivity contribution is 7.47. The Morgan fingerprint density at radius 3 is 2.89 bits per heavy atom. The molecule has 5 atom stereocenters. The Labute approximate surface area is 153 Å². The number of aliphatic hydroxyl groups excluding tert-OH is 1. The van der Waals surface area contributed by atoms with Crippen LogP contribution in [0.1, 0.15) is 18.7 Å². The second kappa shape index (κ2) is 6.81. The quantitative estimate of drug-likeness (QED) is 0.482. The lowest BCUT2D eigenvalue weighted by molar-refractivity contribution is -0.0947. The first-order valence-corrected chi connectivity index (χ1v) is 9.22. The molecule has 5 unspecified atom stereocenters. The zero-order chi connectivity index (χ0) is 20.0. The van der Waals surface area contributed by atoms with Crippen LogP contribution in [-0.2, 0) is 18.3 Å². The van der Waals surface area contributed by atoms with Gasteiger partial charge in [-0.25, -0.2) is 14.5 Å². The van der Waals surface area contributed by atoms with E-state index in [1.807, 2.05) is 6.07 Å². The monoisotopic (exact) mass is 399 g/mol. The van der Waals surface area contributed by atoms with Gasteiger partial charge in [0, 0.05) is 13.3 Å². The molecular weight excluding hydrogens is 381 g/mol. The minimum atomic E-state index is -4.29. The molecule has 12 nitrogen and oxygen atoms in total. The first-order chi connectivity index (χ1) is 12.6. The number of nitriles is 1. The van der Waals surface area contributed by atoms with Crippen molar-refractivity contribution in [2.45, 2.75) is 31.0 Å². The molecule has 3 rings (SSSR count). The molecule has 0 aromatic carbocycles. The predicted octanol–water partition coefficient (Wildman–Crippen LogP) is -0.342. The molecule has 1 aliphatic rings. The standard InChI is InChI=1S/C14H18N5O7P/c1-14(21)10(20)8(5-25-27(22,23)24-2)26-13(14)19-4-7(3-15)9-11(16)17-6-18-12(9)19/h4,6,8,10,13,20-21H,5H2,1-2H3,(H,22,23)(H2,16,17,18). The number of hydrogen-bond donors (Lipinski definition) is 4. The fraction of sp³-hybridized carbons (Fsp3) is 0.500. The normalized spacial score (nSPS) is 30.3. The van der Waals surface area contributed by atoms with Crippen LogP contribution >= 0.6 is 7.82 Å². The van der Waals surface area contributed by atoms with E-state index >= 15 is 0 Å².